The van der Waals surface area contributed by atoms with Crippen LogP contribution in [0.3, 0.4) is 0 Å². The van der Waals surface area contributed by atoms with Gasteiger partial charge in [-0.15, -0.1) is 0 Å². The summed E-state index contributed by atoms with van der Waals surface area (Å²) in [7, 11) is 0. The number of allylic oxidation sites excluding steroid dienone is 1. The van der Waals surface area contributed by atoms with E-state index in [4.69, 9.17) is 11.6 Å². The maximum Gasteiger partial charge on any atom is 0.158 e. The van der Waals surface area contributed by atoms with Gasteiger partial charge in [-0.1, -0.05) is 66.1 Å². The molecule has 2 aromatic carbocycles. The number of carbonyl (C=O) groups is 1. The third-order valence-corrected chi connectivity index (χ3v) is 7.54. The van der Waals surface area contributed by atoms with Gasteiger partial charge in [-0.3, -0.25) is 4.79 Å². The molecule has 0 amide bonds. The smallest absolute Gasteiger partial charge is 0.158 e. The standard InChI is InChI=1S/C28H34ClNO/c1-19-10-6-7-12-21(19)11-4-3-5-13-22-14-8-16-24(27(22)29)28-25(30-28)18-23-15-9-17-26(31)20(23)2/h6-8,10,12,14,16,25,28,30H,3-5,9,11,13,15,17-18H2,1-2H3. The first-order chi connectivity index (χ1) is 15.0. The molecule has 4 rings (SSSR count). The van der Waals surface area contributed by atoms with E-state index >= 15 is 0 Å². The van der Waals surface area contributed by atoms with Gasteiger partial charge in [0.05, 0.1) is 0 Å². The van der Waals surface area contributed by atoms with Gasteiger partial charge in [0, 0.05) is 23.5 Å². The van der Waals surface area contributed by atoms with Crippen LogP contribution in [0, 0.1) is 6.92 Å². The Labute approximate surface area is 192 Å². The molecule has 2 nitrogen and oxygen atoms in total. The van der Waals surface area contributed by atoms with Gasteiger partial charge in [0.25, 0.3) is 0 Å². The first-order valence-electron chi connectivity index (χ1n) is 11.8. The molecule has 1 aliphatic carbocycles. The van der Waals surface area contributed by atoms with E-state index in [9.17, 15) is 4.79 Å². The van der Waals surface area contributed by atoms with E-state index in [-0.39, 0.29) is 0 Å². The molecular formula is C28H34ClNO. The Hall–Kier alpha value is -1.90. The van der Waals surface area contributed by atoms with Crippen LogP contribution in [0.15, 0.2) is 53.6 Å². The molecule has 1 saturated heterocycles. The molecule has 0 spiro atoms. The monoisotopic (exact) mass is 435 g/mol. The summed E-state index contributed by atoms with van der Waals surface area (Å²) < 4.78 is 0. The van der Waals surface area contributed by atoms with E-state index in [1.54, 1.807) is 0 Å². The van der Waals surface area contributed by atoms with Crippen LogP contribution in [-0.4, -0.2) is 11.8 Å². The minimum atomic E-state index is 0.325. The number of carbonyl (C=O) groups excluding carboxylic acids is 1. The van der Waals surface area contributed by atoms with Crippen LogP contribution in [0.2, 0.25) is 5.02 Å². The van der Waals surface area contributed by atoms with Gasteiger partial charge in [0.2, 0.25) is 0 Å². The molecule has 1 heterocycles. The van der Waals surface area contributed by atoms with Crippen molar-refractivity contribution in [2.24, 2.45) is 0 Å². The number of nitrogens with one attached hydrogen (secondary N) is 1. The summed E-state index contributed by atoms with van der Waals surface area (Å²) >= 11 is 6.83. The highest BCUT2D eigenvalue weighted by molar-refractivity contribution is 6.32. The summed E-state index contributed by atoms with van der Waals surface area (Å²) in [4.78, 5) is 12.0. The van der Waals surface area contributed by atoms with E-state index in [1.807, 2.05) is 6.92 Å². The maximum absolute atomic E-state index is 12.0. The zero-order valence-corrected chi connectivity index (χ0v) is 19.6. The number of Topliss-reactive ketones (excluding diaryl/α,β-unsaturated/α-hetero) is 1. The average molecular weight is 436 g/mol. The summed E-state index contributed by atoms with van der Waals surface area (Å²) in [6.07, 6.45) is 9.58. The lowest BCUT2D eigenvalue weighted by molar-refractivity contribution is -0.116. The number of rotatable bonds is 9. The highest BCUT2D eigenvalue weighted by Gasteiger charge is 2.39. The number of halogens is 1. The molecule has 1 fully saturated rings. The van der Waals surface area contributed by atoms with Crippen LogP contribution in [-0.2, 0) is 17.6 Å². The number of unbranched alkanes of at least 4 members (excludes halogenated alkanes) is 2. The third-order valence-electron chi connectivity index (χ3n) is 7.08. The second kappa shape index (κ2) is 10.1. The van der Waals surface area contributed by atoms with Gasteiger partial charge >= 0.3 is 0 Å². The molecule has 2 aliphatic rings. The molecular weight excluding hydrogens is 402 g/mol. The lowest BCUT2D eigenvalue weighted by Gasteiger charge is -2.16. The van der Waals surface area contributed by atoms with Crippen molar-refractivity contribution < 1.29 is 4.79 Å². The van der Waals surface area contributed by atoms with E-state index in [1.165, 1.54) is 47.1 Å². The normalized spacial score (nSPS) is 20.9. The molecule has 164 valence electrons. The summed E-state index contributed by atoms with van der Waals surface area (Å²) in [5.74, 6) is 0.334. The predicted octanol–water partition coefficient (Wildman–Crippen LogP) is 7.08. The van der Waals surface area contributed by atoms with Crippen molar-refractivity contribution >= 4 is 17.4 Å². The Morgan fingerprint density at radius 3 is 2.48 bits per heavy atom. The maximum atomic E-state index is 12.0. The first kappa shape index (κ1) is 22.3. The molecule has 2 atom stereocenters. The molecule has 0 radical (unpaired) electrons. The second-order valence-electron chi connectivity index (χ2n) is 9.27. The fourth-order valence-electron chi connectivity index (χ4n) is 4.94. The summed E-state index contributed by atoms with van der Waals surface area (Å²) in [6, 6.07) is 15.9. The van der Waals surface area contributed by atoms with Crippen molar-refractivity contribution in [1.82, 2.24) is 5.32 Å². The highest BCUT2D eigenvalue weighted by atomic mass is 35.5. The average Bonchev–Trinajstić information content (AvgIpc) is 3.52. The molecule has 0 saturated carbocycles. The summed E-state index contributed by atoms with van der Waals surface area (Å²) in [5, 5.41) is 4.54. The Morgan fingerprint density at radius 2 is 1.68 bits per heavy atom. The Morgan fingerprint density at radius 1 is 0.935 bits per heavy atom. The largest absolute Gasteiger partial charge is 0.304 e. The van der Waals surface area contributed by atoms with E-state index in [2.05, 4.69) is 54.7 Å². The number of ketones is 1. The van der Waals surface area contributed by atoms with E-state index in [0.717, 1.165) is 49.1 Å². The lowest BCUT2D eigenvalue weighted by atomic mass is 9.88. The van der Waals surface area contributed by atoms with Crippen LogP contribution < -0.4 is 5.32 Å². The lowest BCUT2D eigenvalue weighted by Crippen LogP contribution is -2.11. The Balaban J connectivity index is 1.28. The van der Waals surface area contributed by atoms with Crippen molar-refractivity contribution in [2.75, 3.05) is 0 Å². The van der Waals surface area contributed by atoms with Crippen molar-refractivity contribution in [2.45, 2.75) is 83.7 Å². The molecule has 0 bridgehead atoms. The number of hydrogen-bond acceptors (Lipinski definition) is 2. The molecule has 1 aliphatic heterocycles. The minimum Gasteiger partial charge on any atom is -0.304 e. The molecule has 3 heteroatoms. The molecule has 0 aromatic heterocycles. The number of hydrogen-bond donors (Lipinski definition) is 1. The minimum absolute atomic E-state index is 0.325. The summed E-state index contributed by atoms with van der Waals surface area (Å²) in [6.45, 7) is 4.20. The van der Waals surface area contributed by atoms with Crippen LogP contribution in [0.4, 0.5) is 0 Å². The molecule has 31 heavy (non-hydrogen) atoms. The molecule has 2 unspecified atom stereocenters. The topological polar surface area (TPSA) is 39.0 Å². The molecule has 2 aromatic rings. The van der Waals surface area contributed by atoms with Gasteiger partial charge in [-0.05, 0) is 86.6 Å². The van der Waals surface area contributed by atoms with Crippen LogP contribution >= 0.6 is 11.6 Å². The van der Waals surface area contributed by atoms with Gasteiger partial charge in [0.15, 0.2) is 5.78 Å². The van der Waals surface area contributed by atoms with Crippen LogP contribution in [0.1, 0.15) is 80.2 Å². The van der Waals surface area contributed by atoms with Gasteiger partial charge in [-0.2, -0.15) is 0 Å². The van der Waals surface area contributed by atoms with Gasteiger partial charge in [0.1, 0.15) is 0 Å². The third kappa shape index (κ3) is 5.48. The first-order valence-corrected chi connectivity index (χ1v) is 12.2. The quantitative estimate of drug-likeness (QED) is 0.337. The predicted molar refractivity (Wildman–Crippen MR) is 130 cm³/mol. The Bertz CT molecular complexity index is 977. The zero-order valence-electron chi connectivity index (χ0n) is 18.8. The van der Waals surface area contributed by atoms with Crippen molar-refractivity contribution in [3.05, 3.63) is 80.9 Å². The van der Waals surface area contributed by atoms with Crippen LogP contribution in [0.25, 0.3) is 0 Å². The van der Waals surface area contributed by atoms with E-state index in [0.29, 0.717) is 17.9 Å². The van der Waals surface area contributed by atoms with Crippen molar-refractivity contribution in [1.29, 1.82) is 0 Å². The van der Waals surface area contributed by atoms with Crippen molar-refractivity contribution in [3.8, 4) is 0 Å². The van der Waals surface area contributed by atoms with E-state index < -0.39 is 0 Å². The fourth-order valence-corrected chi connectivity index (χ4v) is 5.28. The Kier molecular flexibility index (Phi) is 7.30. The zero-order chi connectivity index (χ0) is 21.8. The number of aryl methyl sites for hydroxylation is 3. The SMILES string of the molecule is CC1=C(CC2NC2c2cccc(CCCCCc3ccccc3C)c2Cl)CCCC1=O. The highest BCUT2D eigenvalue weighted by Crippen LogP contribution is 2.40. The number of benzene rings is 2. The molecule has 1 N–H and O–H groups in total. The van der Waals surface area contributed by atoms with Crippen molar-refractivity contribution in [3.63, 3.8) is 0 Å². The summed E-state index contributed by atoms with van der Waals surface area (Å²) in [5.41, 5.74) is 7.71. The van der Waals surface area contributed by atoms with Crippen LogP contribution in [0.5, 0.6) is 0 Å². The van der Waals surface area contributed by atoms with Gasteiger partial charge in [-0.25, -0.2) is 0 Å². The van der Waals surface area contributed by atoms with Gasteiger partial charge < -0.3 is 5.32 Å². The fraction of sp³-hybridized carbons (Fsp3) is 0.464. The second-order valence-corrected chi connectivity index (χ2v) is 9.65.